The van der Waals surface area contributed by atoms with Gasteiger partial charge in [-0.05, 0) is 41.1 Å². The van der Waals surface area contributed by atoms with Gasteiger partial charge in [-0.3, -0.25) is 0 Å². The molecule has 1 unspecified atom stereocenters. The van der Waals surface area contributed by atoms with E-state index in [4.69, 9.17) is 5.11 Å². The Morgan fingerprint density at radius 2 is 2.22 bits per heavy atom. The summed E-state index contributed by atoms with van der Waals surface area (Å²) >= 11 is 3.40. The highest BCUT2D eigenvalue weighted by Crippen LogP contribution is 2.13. The van der Waals surface area contributed by atoms with E-state index in [1.807, 2.05) is 6.07 Å². The molecular weight excluding hydrogens is 294 g/mol. The van der Waals surface area contributed by atoms with Gasteiger partial charge >= 0.3 is 0 Å². The van der Waals surface area contributed by atoms with Crippen molar-refractivity contribution in [1.82, 2.24) is 9.97 Å². The number of aliphatic hydroxyl groups is 1. The van der Waals surface area contributed by atoms with Gasteiger partial charge in [0.05, 0.1) is 0 Å². The van der Waals surface area contributed by atoms with Gasteiger partial charge in [0.25, 0.3) is 0 Å². The third-order valence-electron chi connectivity index (χ3n) is 2.71. The molecule has 1 rings (SSSR count). The molecule has 0 aliphatic carbocycles. The molecule has 102 valence electrons. The molecule has 0 aliphatic rings. The summed E-state index contributed by atoms with van der Waals surface area (Å²) in [4.78, 5) is 8.78. The minimum Gasteiger partial charge on any atom is -0.396 e. The largest absolute Gasteiger partial charge is 0.396 e. The highest BCUT2D eigenvalue weighted by molar-refractivity contribution is 9.10. The highest BCUT2D eigenvalue weighted by Gasteiger charge is 2.03. The molecule has 0 amide bonds. The van der Waals surface area contributed by atoms with E-state index >= 15 is 0 Å². The molecule has 5 heteroatoms. The Hall–Kier alpha value is -0.680. The summed E-state index contributed by atoms with van der Waals surface area (Å²) in [5.41, 5.74) is 0. The zero-order chi connectivity index (χ0) is 13.4. The van der Waals surface area contributed by atoms with Gasteiger partial charge in [-0.15, -0.1) is 0 Å². The lowest BCUT2D eigenvalue weighted by atomic mass is 10.1. The minimum absolute atomic E-state index is 0.264. The second-order valence-corrected chi connectivity index (χ2v) is 5.41. The number of aliphatic hydroxyl groups excluding tert-OH is 1. The Morgan fingerprint density at radius 3 is 2.89 bits per heavy atom. The van der Waals surface area contributed by atoms with Crippen molar-refractivity contribution >= 4 is 21.7 Å². The van der Waals surface area contributed by atoms with Crippen LogP contribution in [-0.2, 0) is 6.42 Å². The second kappa shape index (κ2) is 8.43. The second-order valence-electron chi connectivity index (χ2n) is 4.60. The molecule has 0 fully saturated rings. The van der Waals surface area contributed by atoms with Gasteiger partial charge in [0.2, 0.25) is 0 Å². The first-order valence-electron chi connectivity index (χ1n) is 6.54. The van der Waals surface area contributed by atoms with Gasteiger partial charge in [0.1, 0.15) is 16.2 Å². The molecule has 0 aliphatic heterocycles. The van der Waals surface area contributed by atoms with Crippen molar-refractivity contribution in [2.45, 2.75) is 39.5 Å². The van der Waals surface area contributed by atoms with Crippen molar-refractivity contribution in [2.75, 3.05) is 18.5 Å². The normalized spacial score (nSPS) is 12.4. The van der Waals surface area contributed by atoms with Crippen LogP contribution in [0.15, 0.2) is 10.7 Å². The molecule has 1 aromatic rings. The van der Waals surface area contributed by atoms with E-state index in [-0.39, 0.29) is 6.61 Å². The maximum absolute atomic E-state index is 8.94. The summed E-state index contributed by atoms with van der Waals surface area (Å²) in [7, 11) is 0. The zero-order valence-electron chi connectivity index (χ0n) is 11.1. The van der Waals surface area contributed by atoms with Crippen LogP contribution < -0.4 is 5.32 Å². The molecule has 1 atom stereocenters. The summed E-state index contributed by atoms with van der Waals surface area (Å²) < 4.78 is 0.826. The Balaban J connectivity index is 2.41. The molecule has 0 saturated heterocycles. The van der Waals surface area contributed by atoms with Crippen LogP contribution in [0.25, 0.3) is 0 Å². The summed E-state index contributed by atoms with van der Waals surface area (Å²) in [6.07, 6.45) is 4.00. The summed E-state index contributed by atoms with van der Waals surface area (Å²) in [6.45, 7) is 5.31. The number of aryl methyl sites for hydroxylation is 1. The fraction of sp³-hybridized carbons (Fsp3) is 0.692. The maximum Gasteiger partial charge on any atom is 0.132 e. The van der Waals surface area contributed by atoms with Gasteiger partial charge < -0.3 is 10.4 Å². The molecule has 18 heavy (non-hydrogen) atoms. The molecule has 0 radical (unpaired) electrons. The van der Waals surface area contributed by atoms with Crippen LogP contribution >= 0.6 is 15.9 Å². The fourth-order valence-corrected chi connectivity index (χ4v) is 2.07. The van der Waals surface area contributed by atoms with Gasteiger partial charge in [0, 0.05) is 25.6 Å². The fourth-order valence-electron chi connectivity index (χ4n) is 1.65. The van der Waals surface area contributed by atoms with Crippen LogP contribution in [0.1, 0.15) is 38.9 Å². The van der Waals surface area contributed by atoms with Crippen molar-refractivity contribution in [3.8, 4) is 0 Å². The molecule has 1 heterocycles. The van der Waals surface area contributed by atoms with Crippen molar-refractivity contribution in [2.24, 2.45) is 5.92 Å². The molecular formula is C13H22BrN3O. The third kappa shape index (κ3) is 5.78. The minimum atomic E-state index is 0.264. The first kappa shape index (κ1) is 15.4. The number of aromatic nitrogens is 2. The average molecular weight is 316 g/mol. The lowest BCUT2D eigenvalue weighted by Crippen LogP contribution is -2.08. The standard InChI is InChI=1S/C13H22BrN3O/c1-3-5-12-16-11(14)8-13(17-12)15-7-4-6-10(2)9-18/h8,10,18H,3-7,9H2,1-2H3,(H,15,16,17). The number of rotatable bonds is 8. The highest BCUT2D eigenvalue weighted by atomic mass is 79.9. The lowest BCUT2D eigenvalue weighted by Gasteiger charge is -2.09. The first-order valence-corrected chi connectivity index (χ1v) is 7.33. The number of anilines is 1. The SMILES string of the molecule is CCCc1nc(Br)cc(NCCCC(C)CO)n1. The van der Waals surface area contributed by atoms with Crippen LogP contribution in [0.2, 0.25) is 0 Å². The Labute approximate surface area is 117 Å². The van der Waals surface area contributed by atoms with Crippen LogP contribution in [0, 0.1) is 5.92 Å². The molecule has 0 spiro atoms. The monoisotopic (exact) mass is 315 g/mol. The van der Waals surface area contributed by atoms with E-state index in [0.29, 0.717) is 5.92 Å². The topological polar surface area (TPSA) is 58.0 Å². The van der Waals surface area contributed by atoms with Gasteiger partial charge in [-0.1, -0.05) is 13.8 Å². The average Bonchev–Trinajstić information content (AvgIpc) is 2.34. The Bertz CT molecular complexity index is 360. The predicted molar refractivity (Wildman–Crippen MR) is 77.7 cm³/mol. The quantitative estimate of drug-likeness (QED) is 0.572. The molecule has 1 aromatic heterocycles. The number of hydrogen-bond acceptors (Lipinski definition) is 4. The summed E-state index contributed by atoms with van der Waals surface area (Å²) in [5, 5.41) is 12.2. The van der Waals surface area contributed by atoms with E-state index < -0.39 is 0 Å². The zero-order valence-corrected chi connectivity index (χ0v) is 12.7. The first-order chi connectivity index (χ1) is 8.65. The van der Waals surface area contributed by atoms with E-state index in [2.05, 4.69) is 45.1 Å². The van der Waals surface area contributed by atoms with E-state index in [1.165, 1.54) is 0 Å². The van der Waals surface area contributed by atoms with Crippen molar-refractivity contribution in [3.05, 3.63) is 16.5 Å². The molecule has 2 N–H and O–H groups in total. The smallest absolute Gasteiger partial charge is 0.132 e. The number of hydrogen-bond donors (Lipinski definition) is 2. The number of nitrogens with one attached hydrogen (secondary N) is 1. The summed E-state index contributed by atoms with van der Waals surface area (Å²) in [5.74, 6) is 2.12. The summed E-state index contributed by atoms with van der Waals surface area (Å²) in [6, 6.07) is 1.90. The maximum atomic E-state index is 8.94. The van der Waals surface area contributed by atoms with Crippen molar-refractivity contribution in [1.29, 1.82) is 0 Å². The molecule has 0 aromatic carbocycles. The number of nitrogens with zero attached hydrogens (tertiary/aromatic N) is 2. The van der Waals surface area contributed by atoms with Crippen LogP contribution in [0.4, 0.5) is 5.82 Å². The van der Waals surface area contributed by atoms with Gasteiger partial charge in [0.15, 0.2) is 0 Å². The Morgan fingerprint density at radius 1 is 1.44 bits per heavy atom. The third-order valence-corrected chi connectivity index (χ3v) is 3.11. The van der Waals surface area contributed by atoms with Crippen molar-refractivity contribution in [3.63, 3.8) is 0 Å². The van der Waals surface area contributed by atoms with E-state index in [0.717, 1.165) is 48.5 Å². The van der Waals surface area contributed by atoms with Crippen LogP contribution in [-0.4, -0.2) is 28.2 Å². The predicted octanol–water partition coefficient (Wildman–Crippen LogP) is 3.01. The molecule has 0 saturated carbocycles. The van der Waals surface area contributed by atoms with Crippen LogP contribution in [0.3, 0.4) is 0 Å². The molecule has 0 bridgehead atoms. The van der Waals surface area contributed by atoms with E-state index in [9.17, 15) is 0 Å². The van der Waals surface area contributed by atoms with Crippen LogP contribution in [0.5, 0.6) is 0 Å². The van der Waals surface area contributed by atoms with Gasteiger partial charge in [-0.2, -0.15) is 0 Å². The van der Waals surface area contributed by atoms with E-state index in [1.54, 1.807) is 0 Å². The number of halogens is 1. The van der Waals surface area contributed by atoms with Crippen molar-refractivity contribution < 1.29 is 5.11 Å². The molecule has 4 nitrogen and oxygen atoms in total. The van der Waals surface area contributed by atoms with Gasteiger partial charge in [-0.25, -0.2) is 9.97 Å². The lowest BCUT2D eigenvalue weighted by molar-refractivity contribution is 0.229. The Kier molecular flexibility index (Phi) is 7.20.